The predicted molar refractivity (Wildman–Crippen MR) is 144 cm³/mol. The minimum atomic E-state index is -2.09. The minimum Gasteiger partial charge on any atom is -0.444 e. The summed E-state index contributed by atoms with van der Waals surface area (Å²) in [6, 6.07) is 2.08. The second kappa shape index (κ2) is 12.6. The molecule has 1 atom stereocenters. The first-order valence-corrected chi connectivity index (χ1v) is 14.5. The Hall–Kier alpha value is -2.35. The highest BCUT2D eigenvalue weighted by atomic mass is 28.3. The fourth-order valence-electron chi connectivity index (χ4n) is 4.28. The Balaban J connectivity index is 3.22. The molecule has 10 heteroatoms. The summed E-state index contributed by atoms with van der Waals surface area (Å²) in [6.07, 6.45) is -0.0538. The number of pyridine rings is 1. The average Bonchev–Trinajstić information content (AvgIpc) is 2.72. The van der Waals surface area contributed by atoms with Gasteiger partial charge in [0.05, 0.1) is 0 Å². The van der Waals surface area contributed by atoms with Gasteiger partial charge in [0.25, 0.3) is 0 Å². The average molecular weight is 504 g/mol. The Labute approximate surface area is 211 Å². The number of aromatic nitrogens is 1. The van der Waals surface area contributed by atoms with E-state index in [0.717, 1.165) is 0 Å². The van der Waals surface area contributed by atoms with E-state index in [-0.39, 0.29) is 17.0 Å². The van der Waals surface area contributed by atoms with E-state index >= 15 is 0 Å². The SMILES string of the molecule is CCC(C)(C)OC(=O)NC(C)C(=O)Nc1ccc(B(O)O)c(C#C[Si](C(C)C)(C(C)C)C(C)C)n1. The molecular formula is C25H42BN3O5Si. The van der Waals surface area contributed by atoms with Crippen molar-refractivity contribution in [1.29, 1.82) is 0 Å². The lowest BCUT2D eigenvalue weighted by Crippen LogP contribution is -2.44. The normalized spacial score (nSPS) is 12.8. The van der Waals surface area contributed by atoms with Crippen LogP contribution in [0.15, 0.2) is 12.1 Å². The van der Waals surface area contributed by atoms with Crippen molar-refractivity contribution in [2.24, 2.45) is 0 Å². The molecule has 8 nitrogen and oxygen atoms in total. The maximum Gasteiger partial charge on any atom is 0.491 e. The summed E-state index contributed by atoms with van der Waals surface area (Å²) in [5.41, 5.74) is 4.44. The van der Waals surface area contributed by atoms with E-state index in [1.165, 1.54) is 19.1 Å². The zero-order chi connectivity index (χ0) is 27.1. The van der Waals surface area contributed by atoms with E-state index in [2.05, 4.69) is 68.6 Å². The van der Waals surface area contributed by atoms with Crippen LogP contribution in [0.5, 0.6) is 0 Å². The lowest BCUT2D eigenvalue weighted by atomic mass is 9.79. The van der Waals surface area contributed by atoms with Crippen LogP contribution >= 0.6 is 0 Å². The zero-order valence-corrected chi connectivity index (χ0v) is 23.8. The van der Waals surface area contributed by atoms with E-state index in [0.29, 0.717) is 23.0 Å². The van der Waals surface area contributed by atoms with Crippen molar-refractivity contribution in [3.05, 3.63) is 17.8 Å². The third kappa shape index (κ3) is 8.09. The van der Waals surface area contributed by atoms with Crippen molar-refractivity contribution in [2.75, 3.05) is 5.32 Å². The van der Waals surface area contributed by atoms with E-state index in [4.69, 9.17) is 4.74 Å². The summed E-state index contributed by atoms with van der Waals surface area (Å²) in [6.45, 7) is 20.1. The van der Waals surface area contributed by atoms with Gasteiger partial charge in [0.2, 0.25) is 5.91 Å². The predicted octanol–water partition coefficient (Wildman–Crippen LogP) is 3.57. The maximum absolute atomic E-state index is 12.6. The standard InChI is InChI=1S/C25H42BN3O5Si/c1-11-25(9,10)34-24(31)27-19(8)23(30)29-22-13-12-20(26(32)33)21(28-22)14-15-35(16(2)3,17(4)5)18(6)7/h12-13,16-19,32-33H,11H2,1-10H3,(H,27,31)(H,28,29,30). The van der Waals surface area contributed by atoms with Crippen LogP contribution in [0.1, 0.15) is 81.4 Å². The summed E-state index contributed by atoms with van der Waals surface area (Å²) in [7, 11) is -3.84. The van der Waals surface area contributed by atoms with Gasteiger partial charge in [-0.1, -0.05) is 60.5 Å². The van der Waals surface area contributed by atoms with Crippen LogP contribution in [0.2, 0.25) is 16.6 Å². The van der Waals surface area contributed by atoms with Gasteiger partial charge in [-0.3, -0.25) is 4.79 Å². The van der Waals surface area contributed by atoms with Crippen LogP contribution in [0.25, 0.3) is 0 Å². The molecule has 1 rings (SSSR count). The molecule has 4 N–H and O–H groups in total. The summed E-state index contributed by atoms with van der Waals surface area (Å²) in [5, 5.41) is 24.9. The first-order valence-electron chi connectivity index (χ1n) is 12.3. The van der Waals surface area contributed by atoms with Crippen LogP contribution in [-0.4, -0.2) is 53.9 Å². The quantitative estimate of drug-likeness (QED) is 0.302. The number of alkyl carbamates (subject to hydrolysis) is 1. The number of anilines is 1. The van der Waals surface area contributed by atoms with E-state index < -0.39 is 38.8 Å². The number of hydrogen-bond acceptors (Lipinski definition) is 6. The number of ether oxygens (including phenoxy) is 1. The van der Waals surface area contributed by atoms with Gasteiger partial charge in [-0.25, -0.2) is 9.78 Å². The zero-order valence-electron chi connectivity index (χ0n) is 22.8. The van der Waals surface area contributed by atoms with Gasteiger partial charge < -0.3 is 25.4 Å². The maximum atomic E-state index is 12.6. The van der Waals surface area contributed by atoms with Gasteiger partial charge >= 0.3 is 13.2 Å². The molecule has 2 amide bonds. The third-order valence-corrected chi connectivity index (χ3v) is 13.0. The number of nitrogens with zero attached hydrogens (tertiary/aromatic N) is 1. The largest absolute Gasteiger partial charge is 0.491 e. The molecule has 0 radical (unpaired) electrons. The molecular weight excluding hydrogens is 461 g/mol. The lowest BCUT2D eigenvalue weighted by molar-refractivity contribution is -0.117. The van der Waals surface area contributed by atoms with Crippen molar-refractivity contribution in [3.63, 3.8) is 0 Å². The third-order valence-electron chi connectivity index (χ3n) is 6.67. The summed E-state index contributed by atoms with van der Waals surface area (Å²) in [4.78, 5) is 29.2. The van der Waals surface area contributed by atoms with Crippen molar-refractivity contribution < 1.29 is 24.4 Å². The van der Waals surface area contributed by atoms with Gasteiger partial charge in [-0.05, 0) is 49.9 Å². The molecule has 1 aromatic rings. The smallest absolute Gasteiger partial charge is 0.444 e. The Morgan fingerprint density at radius 3 is 2.09 bits per heavy atom. The van der Waals surface area contributed by atoms with Crippen molar-refractivity contribution in [1.82, 2.24) is 10.3 Å². The van der Waals surface area contributed by atoms with Gasteiger partial charge in [0.1, 0.15) is 31.2 Å². The molecule has 1 aromatic heterocycles. The summed E-state index contributed by atoms with van der Waals surface area (Å²) >= 11 is 0. The Morgan fingerprint density at radius 2 is 1.63 bits per heavy atom. The topological polar surface area (TPSA) is 121 Å². The molecule has 0 aliphatic carbocycles. The number of hydrogen-bond donors (Lipinski definition) is 4. The molecule has 194 valence electrons. The first kappa shape index (κ1) is 30.7. The van der Waals surface area contributed by atoms with Crippen LogP contribution in [0, 0.1) is 11.5 Å². The molecule has 1 heterocycles. The number of nitrogens with one attached hydrogen (secondary N) is 2. The van der Waals surface area contributed by atoms with Crippen molar-refractivity contribution >= 4 is 38.5 Å². The molecule has 0 spiro atoms. The molecule has 0 saturated carbocycles. The summed E-state index contributed by atoms with van der Waals surface area (Å²) in [5.74, 6) is 2.84. The molecule has 0 aliphatic rings. The molecule has 1 unspecified atom stereocenters. The van der Waals surface area contributed by atoms with Crippen molar-refractivity contribution in [3.8, 4) is 11.5 Å². The summed E-state index contributed by atoms with van der Waals surface area (Å²) < 4.78 is 5.33. The second-order valence-electron chi connectivity index (χ2n) is 10.5. The highest BCUT2D eigenvalue weighted by molar-refractivity contribution is 6.90. The van der Waals surface area contributed by atoms with Gasteiger partial charge in [0.15, 0.2) is 0 Å². The Morgan fingerprint density at radius 1 is 1.09 bits per heavy atom. The van der Waals surface area contributed by atoms with E-state index in [1.807, 2.05) is 6.92 Å². The fraction of sp³-hybridized carbons (Fsp3) is 0.640. The molecule has 0 bridgehead atoms. The van der Waals surface area contributed by atoms with Crippen molar-refractivity contribution in [2.45, 2.75) is 104 Å². The van der Waals surface area contributed by atoms with E-state index in [9.17, 15) is 19.6 Å². The van der Waals surface area contributed by atoms with Crippen LogP contribution in [-0.2, 0) is 9.53 Å². The Bertz CT molecular complexity index is 932. The number of carbonyl (C=O) groups is 2. The van der Waals surface area contributed by atoms with Crippen LogP contribution in [0.3, 0.4) is 0 Å². The number of carbonyl (C=O) groups excluding carboxylic acids is 2. The van der Waals surface area contributed by atoms with Gasteiger partial charge in [-0.2, -0.15) is 0 Å². The molecule has 35 heavy (non-hydrogen) atoms. The van der Waals surface area contributed by atoms with Crippen LogP contribution < -0.4 is 16.1 Å². The van der Waals surface area contributed by atoms with Crippen LogP contribution in [0.4, 0.5) is 10.6 Å². The molecule has 0 aromatic carbocycles. The number of rotatable bonds is 9. The fourth-order valence-corrected chi connectivity index (χ4v) is 9.48. The lowest BCUT2D eigenvalue weighted by Gasteiger charge is -2.38. The molecule has 0 aliphatic heterocycles. The van der Waals surface area contributed by atoms with Gasteiger partial charge in [0, 0.05) is 5.46 Å². The Kier molecular flexibility index (Phi) is 11.0. The van der Waals surface area contributed by atoms with E-state index in [1.54, 1.807) is 13.8 Å². The monoisotopic (exact) mass is 503 g/mol. The highest BCUT2D eigenvalue weighted by Gasteiger charge is 2.41. The number of amides is 2. The molecule has 0 saturated heterocycles. The second-order valence-corrected chi connectivity index (χ2v) is 16.1. The minimum absolute atomic E-state index is 0.172. The first-order chi connectivity index (χ1) is 16.1. The van der Waals surface area contributed by atoms with Gasteiger partial charge in [-0.15, -0.1) is 5.54 Å². The highest BCUT2D eigenvalue weighted by Crippen LogP contribution is 2.40. The molecule has 0 fully saturated rings.